The van der Waals surface area contributed by atoms with Crippen molar-refractivity contribution in [2.45, 2.75) is 18.7 Å². The van der Waals surface area contributed by atoms with Crippen LogP contribution in [0.4, 0.5) is 0 Å². The predicted octanol–water partition coefficient (Wildman–Crippen LogP) is 0.0109. The van der Waals surface area contributed by atoms with Gasteiger partial charge in [-0.1, -0.05) is 24.3 Å². The Kier molecular flexibility index (Phi) is 4.42. The number of nitrogens with two attached hydrogens (primary N) is 1. The molecular weight excluding hydrogens is 280 g/mol. The number of carbonyl (C=O) groups is 1. The van der Waals surface area contributed by atoms with E-state index in [9.17, 15) is 13.2 Å². The van der Waals surface area contributed by atoms with Crippen LogP contribution in [0, 0.1) is 6.92 Å². The second-order valence-electron chi connectivity index (χ2n) is 4.79. The first-order valence-corrected chi connectivity index (χ1v) is 7.94. The van der Waals surface area contributed by atoms with Gasteiger partial charge in [-0.25, -0.2) is 8.42 Å². The van der Waals surface area contributed by atoms with E-state index in [2.05, 4.69) is 0 Å². The van der Waals surface area contributed by atoms with E-state index >= 15 is 0 Å². The van der Waals surface area contributed by atoms with Gasteiger partial charge in [0.05, 0.1) is 19.0 Å². The summed E-state index contributed by atoms with van der Waals surface area (Å²) >= 11 is 0. The van der Waals surface area contributed by atoms with Crippen molar-refractivity contribution in [1.82, 2.24) is 4.31 Å². The number of primary amides is 1. The van der Waals surface area contributed by atoms with Crippen LogP contribution in [0.3, 0.4) is 0 Å². The first kappa shape index (κ1) is 15.0. The Balaban J connectivity index is 2.25. The summed E-state index contributed by atoms with van der Waals surface area (Å²) < 4.78 is 31.3. The molecule has 6 nitrogen and oxygen atoms in total. The smallest absolute Gasteiger partial charge is 0.238 e. The number of sulfonamides is 1. The van der Waals surface area contributed by atoms with Gasteiger partial charge in [-0.15, -0.1) is 0 Å². The van der Waals surface area contributed by atoms with Crippen molar-refractivity contribution in [3.63, 3.8) is 0 Å². The lowest BCUT2D eigenvalue weighted by atomic mass is 10.1. The Morgan fingerprint density at radius 2 is 2.15 bits per heavy atom. The van der Waals surface area contributed by atoms with E-state index in [-0.39, 0.29) is 25.5 Å². The number of aryl methyl sites for hydroxylation is 1. The van der Waals surface area contributed by atoms with Gasteiger partial charge in [-0.2, -0.15) is 4.31 Å². The molecule has 1 heterocycles. The van der Waals surface area contributed by atoms with Crippen LogP contribution in [0.15, 0.2) is 24.3 Å². The maximum atomic E-state index is 12.5. The van der Waals surface area contributed by atoms with Crippen LogP contribution in [-0.4, -0.2) is 44.4 Å². The summed E-state index contributed by atoms with van der Waals surface area (Å²) in [6.07, 6.45) is 0. The Bertz CT molecular complexity index is 600. The van der Waals surface area contributed by atoms with Crippen molar-refractivity contribution in [1.29, 1.82) is 0 Å². The number of ether oxygens (including phenoxy) is 1. The van der Waals surface area contributed by atoms with Gasteiger partial charge in [0.1, 0.15) is 6.04 Å². The van der Waals surface area contributed by atoms with Crippen molar-refractivity contribution >= 4 is 15.9 Å². The highest BCUT2D eigenvalue weighted by molar-refractivity contribution is 7.88. The molecule has 0 aliphatic carbocycles. The van der Waals surface area contributed by atoms with Gasteiger partial charge >= 0.3 is 0 Å². The molecule has 7 heteroatoms. The number of hydrogen-bond donors (Lipinski definition) is 1. The molecule has 2 N–H and O–H groups in total. The molecule has 1 atom stereocenters. The number of benzene rings is 1. The summed E-state index contributed by atoms with van der Waals surface area (Å²) in [6.45, 7) is 2.30. The van der Waals surface area contributed by atoms with Gasteiger partial charge in [0.25, 0.3) is 0 Å². The molecule has 2 rings (SSSR count). The van der Waals surface area contributed by atoms with E-state index in [1.165, 1.54) is 0 Å². The summed E-state index contributed by atoms with van der Waals surface area (Å²) in [7, 11) is -3.60. The molecule has 0 bridgehead atoms. The number of hydrogen-bond acceptors (Lipinski definition) is 4. The van der Waals surface area contributed by atoms with Crippen molar-refractivity contribution in [2.75, 3.05) is 19.8 Å². The number of rotatable bonds is 4. The third-order valence-corrected chi connectivity index (χ3v) is 5.19. The fourth-order valence-electron chi connectivity index (χ4n) is 2.20. The van der Waals surface area contributed by atoms with Gasteiger partial charge in [-0.05, 0) is 18.1 Å². The molecule has 1 amide bonds. The summed E-state index contributed by atoms with van der Waals surface area (Å²) in [5.41, 5.74) is 6.88. The molecular formula is C13H18N2O4S. The lowest BCUT2D eigenvalue weighted by molar-refractivity contribution is -0.125. The van der Waals surface area contributed by atoms with Crippen LogP contribution in [0.1, 0.15) is 11.1 Å². The second kappa shape index (κ2) is 5.90. The van der Waals surface area contributed by atoms with Crippen molar-refractivity contribution < 1.29 is 17.9 Å². The highest BCUT2D eigenvalue weighted by Gasteiger charge is 2.36. The molecule has 1 aromatic rings. The molecule has 1 unspecified atom stereocenters. The van der Waals surface area contributed by atoms with Crippen LogP contribution in [-0.2, 0) is 25.3 Å². The van der Waals surface area contributed by atoms with E-state index in [0.717, 1.165) is 15.4 Å². The predicted molar refractivity (Wildman–Crippen MR) is 74.3 cm³/mol. The molecule has 20 heavy (non-hydrogen) atoms. The summed E-state index contributed by atoms with van der Waals surface area (Å²) in [5.74, 6) is -0.818. The van der Waals surface area contributed by atoms with Gasteiger partial charge in [0.15, 0.2) is 0 Å². The molecule has 0 radical (unpaired) electrons. The summed E-state index contributed by atoms with van der Waals surface area (Å²) in [4.78, 5) is 11.4. The maximum absolute atomic E-state index is 12.5. The molecule has 1 aliphatic rings. The van der Waals surface area contributed by atoms with E-state index in [1.807, 2.05) is 19.1 Å². The second-order valence-corrected chi connectivity index (χ2v) is 6.71. The van der Waals surface area contributed by atoms with Crippen LogP contribution in [0.5, 0.6) is 0 Å². The zero-order valence-corrected chi connectivity index (χ0v) is 12.1. The van der Waals surface area contributed by atoms with Gasteiger partial charge in [0.2, 0.25) is 15.9 Å². The standard InChI is InChI=1S/C13H18N2O4S/c1-10-4-2-3-5-11(10)9-20(17,18)15-6-7-19-8-12(15)13(14)16/h2-5,12H,6-9H2,1H3,(H2,14,16). The van der Waals surface area contributed by atoms with Gasteiger partial charge in [-0.3, -0.25) is 4.79 Å². The van der Waals surface area contributed by atoms with Crippen LogP contribution >= 0.6 is 0 Å². The van der Waals surface area contributed by atoms with Crippen LogP contribution in [0.2, 0.25) is 0 Å². The van der Waals surface area contributed by atoms with E-state index in [0.29, 0.717) is 0 Å². The number of morpholine rings is 1. The zero-order chi connectivity index (χ0) is 14.8. The van der Waals surface area contributed by atoms with Crippen molar-refractivity contribution in [3.8, 4) is 0 Å². The van der Waals surface area contributed by atoms with Crippen molar-refractivity contribution in [2.24, 2.45) is 5.73 Å². The number of nitrogens with zero attached hydrogens (tertiary/aromatic N) is 1. The highest BCUT2D eigenvalue weighted by atomic mass is 32.2. The highest BCUT2D eigenvalue weighted by Crippen LogP contribution is 2.18. The SMILES string of the molecule is Cc1ccccc1CS(=O)(=O)N1CCOCC1C(N)=O. The third kappa shape index (κ3) is 3.17. The van der Waals surface area contributed by atoms with E-state index in [4.69, 9.17) is 10.5 Å². The Morgan fingerprint density at radius 3 is 2.80 bits per heavy atom. The summed E-state index contributed by atoms with van der Waals surface area (Å²) in [5, 5.41) is 0. The Hall–Kier alpha value is -1.44. The summed E-state index contributed by atoms with van der Waals surface area (Å²) in [6, 6.07) is 6.36. The molecule has 1 aromatic carbocycles. The monoisotopic (exact) mass is 298 g/mol. The molecule has 1 fully saturated rings. The molecule has 1 aliphatic heterocycles. The normalized spacial score (nSPS) is 20.8. The largest absolute Gasteiger partial charge is 0.378 e. The average molecular weight is 298 g/mol. The topological polar surface area (TPSA) is 89.7 Å². The molecule has 1 saturated heterocycles. The van der Waals surface area contributed by atoms with Crippen LogP contribution < -0.4 is 5.73 Å². The fraction of sp³-hybridized carbons (Fsp3) is 0.462. The third-order valence-electron chi connectivity index (χ3n) is 3.36. The lowest BCUT2D eigenvalue weighted by Crippen LogP contribution is -2.54. The van der Waals surface area contributed by atoms with Gasteiger partial charge in [0, 0.05) is 6.54 Å². The van der Waals surface area contributed by atoms with E-state index < -0.39 is 22.0 Å². The molecule has 0 saturated carbocycles. The van der Waals surface area contributed by atoms with Gasteiger partial charge < -0.3 is 10.5 Å². The average Bonchev–Trinajstić information content (AvgIpc) is 2.41. The first-order valence-electron chi connectivity index (χ1n) is 6.33. The minimum Gasteiger partial charge on any atom is -0.378 e. The Morgan fingerprint density at radius 1 is 1.45 bits per heavy atom. The van der Waals surface area contributed by atoms with Crippen LogP contribution in [0.25, 0.3) is 0 Å². The zero-order valence-electron chi connectivity index (χ0n) is 11.3. The fourth-order valence-corrected chi connectivity index (χ4v) is 3.98. The number of carbonyl (C=O) groups excluding carboxylic acids is 1. The quantitative estimate of drug-likeness (QED) is 0.848. The molecule has 0 spiro atoms. The molecule has 0 aromatic heterocycles. The molecule has 110 valence electrons. The van der Waals surface area contributed by atoms with E-state index in [1.54, 1.807) is 12.1 Å². The minimum absolute atomic E-state index is 0.0162. The first-order chi connectivity index (χ1) is 9.42. The number of amides is 1. The Labute approximate surface area is 118 Å². The maximum Gasteiger partial charge on any atom is 0.238 e. The minimum atomic E-state index is -3.60. The van der Waals surface area contributed by atoms with Crippen molar-refractivity contribution in [3.05, 3.63) is 35.4 Å². The lowest BCUT2D eigenvalue weighted by Gasteiger charge is -2.32.